The molecule has 0 bridgehead atoms. The van der Waals surface area contributed by atoms with Crippen LogP contribution in [0.5, 0.6) is 5.75 Å². The second-order valence-electron chi connectivity index (χ2n) is 7.86. The molecule has 3 rings (SSSR count). The molecule has 0 fully saturated rings. The molecule has 8 heteroatoms. The van der Waals surface area contributed by atoms with E-state index in [1.807, 2.05) is 6.07 Å². The van der Waals surface area contributed by atoms with Crippen molar-refractivity contribution < 1.29 is 29.0 Å². The summed E-state index contributed by atoms with van der Waals surface area (Å²) in [5.74, 6) is -1.45. The number of hydrogen-bond donors (Lipinski definition) is 2. The molecule has 0 saturated carbocycles. The van der Waals surface area contributed by atoms with E-state index < -0.39 is 42.3 Å². The number of hydrogen-bond acceptors (Lipinski definition) is 5. The Kier molecular flexibility index (Phi) is 5.96. The van der Waals surface area contributed by atoms with Crippen molar-refractivity contribution in [2.75, 3.05) is 11.4 Å². The van der Waals surface area contributed by atoms with E-state index in [9.17, 15) is 19.5 Å². The molecule has 0 spiro atoms. The summed E-state index contributed by atoms with van der Waals surface area (Å²) in [6.45, 7) is 4.55. The Bertz CT molecular complexity index is 938. The maximum atomic E-state index is 13.4. The molecule has 0 aromatic heterocycles. The average molecular weight is 412 g/mol. The minimum absolute atomic E-state index is 0.319. The lowest BCUT2D eigenvalue weighted by Crippen LogP contribution is -2.53. The second-order valence-corrected chi connectivity index (χ2v) is 7.86. The summed E-state index contributed by atoms with van der Waals surface area (Å²) in [7, 11) is 0. The highest BCUT2D eigenvalue weighted by molar-refractivity contribution is 6.03. The summed E-state index contributed by atoms with van der Waals surface area (Å²) in [4.78, 5) is 38.5. The van der Waals surface area contributed by atoms with E-state index in [1.54, 1.807) is 69.3 Å². The number of amides is 2. The first-order valence-corrected chi connectivity index (χ1v) is 9.49. The number of ether oxygens (including phenoxy) is 2. The highest BCUT2D eigenvalue weighted by Gasteiger charge is 2.41. The summed E-state index contributed by atoms with van der Waals surface area (Å²) in [6.07, 6.45) is -1.68. The maximum Gasteiger partial charge on any atom is 0.408 e. The van der Waals surface area contributed by atoms with Crippen molar-refractivity contribution in [3.63, 3.8) is 0 Å². The standard InChI is InChI=1S/C22H24N2O6/c1-22(2,3)30-21(28)23-18-19(14-9-5-4-6-10-14)29-16-12-8-7-11-15(16)24(20(18)27)13-17(25)26/h4-12,18-19H,13H2,1-3H3,(H,23,28)(H,25,26)/t18-,19+/m0/s1. The molecule has 1 heterocycles. The van der Waals surface area contributed by atoms with Crippen LogP contribution in [0, 0.1) is 0 Å². The summed E-state index contributed by atoms with van der Waals surface area (Å²) < 4.78 is 11.5. The van der Waals surface area contributed by atoms with Gasteiger partial charge in [0.2, 0.25) is 0 Å². The van der Waals surface area contributed by atoms with Crippen LogP contribution in [0.25, 0.3) is 0 Å². The number of anilines is 1. The van der Waals surface area contributed by atoms with Gasteiger partial charge in [-0.05, 0) is 38.5 Å². The van der Waals surface area contributed by atoms with Gasteiger partial charge in [0.15, 0.2) is 12.1 Å². The molecule has 30 heavy (non-hydrogen) atoms. The molecule has 0 radical (unpaired) electrons. The zero-order valence-electron chi connectivity index (χ0n) is 17.0. The van der Waals surface area contributed by atoms with Crippen molar-refractivity contribution in [2.45, 2.75) is 38.5 Å². The van der Waals surface area contributed by atoms with Gasteiger partial charge in [0.05, 0.1) is 5.69 Å². The number of alkyl carbamates (subject to hydrolysis) is 1. The molecule has 0 unspecified atom stereocenters. The predicted molar refractivity (Wildman–Crippen MR) is 109 cm³/mol. The van der Waals surface area contributed by atoms with Crippen LogP contribution in [0.4, 0.5) is 10.5 Å². The number of benzene rings is 2. The number of fused-ring (bicyclic) bond motifs is 1. The van der Waals surface area contributed by atoms with Gasteiger partial charge >= 0.3 is 12.1 Å². The zero-order chi connectivity index (χ0) is 21.9. The normalized spacial score (nSPS) is 18.6. The largest absolute Gasteiger partial charge is 0.481 e. The van der Waals surface area contributed by atoms with Crippen molar-refractivity contribution in [3.05, 3.63) is 60.2 Å². The van der Waals surface area contributed by atoms with Gasteiger partial charge in [0.25, 0.3) is 5.91 Å². The molecule has 2 atom stereocenters. The number of carbonyl (C=O) groups excluding carboxylic acids is 2. The molecular weight excluding hydrogens is 388 g/mol. The molecule has 0 saturated heterocycles. The molecule has 0 aliphatic carbocycles. The minimum atomic E-state index is -1.20. The van der Waals surface area contributed by atoms with Crippen molar-refractivity contribution in [1.82, 2.24) is 5.32 Å². The van der Waals surface area contributed by atoms with E-state index in [0.717, 1.165) is 4.90 Å². The van der Waals surface area contributed by atoms with E-state index in [1.165, 1.54) is 0 Å². The number of carbonyl (C=O) groups is 3. The van der Waals surface area contributed by atoms with E-state index in [0.29, 0.717) is 17.0 Å². The van der Waals surface area contributed by atoms with Gasteiger partial charge in [-0.15, -0.1) is 0 Å². The van der Waals surface area contributed by atoms with Crippen LogP contribution in [0.1, 0.15) is 32.4 Å². The number of nitrogens with one attached hydrogen (secondary N) is 1. The fourth-order valence-electron chi connectivity index (χ4n) is 3.17. The van der Waals surface area contributed by atoms with E-state index in [2.05, 4.69) is 5.32 Å². The summed E-state index contributed by atoms with van der Waals surface area (Å²) in [5, 5.41) is 11.9. The van der Waals surface area contributed by atoms with Gasteiger partial charge in [-0.25, -0.2) is 4.79 Å². The second kappa shape index (κ2) is 8.44. The number of carboxylic acids is 1. The third-order valence-corrected chi connectivity index (χ3v) is 4.34. The topological polar surface area (TPSA) is 105 Å². The number of rotatable bonds is 4. The number of aliphatic carboxylic acids is 1. The van der Waals surface area contributed by atoms with E-state index in [-0.39, 0.29) is 0 Å². The van der Waals surface area contributed by atoms with Crippen LogP contribution in [0.3, 0.4) is 0 Å². The molecule has 2 N–H and O–H groups in total. The fourth-order valence-corrected chi connectivity index (χ4v) is 3.17. The quantitative estimate of drug-likeness (QED) is 0.799. The third kappa shape index (κ3) is 4.89. The Labute approximate surface area is 174 Å². The molecule has 1 aliphatic heterocycles. The highest BCUT2D eigenvalue weighted by Crippen LogP contribution is 2.37. The van der Waals surface area contributed by atoms with Gasteiger partial charge in [-0.3, -0.25) is 14.5 Å². The summed E-state index contributed by atoms with van der Waals surface area (Å²) in [5.41, 5.74) is 0.197. The Hall–Kier alpha value is -3.55. The van der Waals surface area contributed by atoms with Gasteiger partial charge in [-0.2, -0.15) is 0 Å². The minimum Gasteiger partial charge on any atom is -0.481 e. The van der Waals surface area contributed by atoms with Crippen molar-refractivity contribution >= 4 is 23.7 Å². The van der Waals surface area contributed by atoms with Crippen LogP contribution >= 0.6 is 0 Å². The number of carboxylic acid groups (broad SMARTS) is 1. The molecule has 8 nitrogen and oxygen atoms in total. The van der Waals surface area contributed by atoms with Gasteiger partial charge in [0, 0.05) is 0 Å². The number of para-hydroxylation sites is 2. The molecule has 2 aromatic carbocycles. The number of nitrogens with zero attached hydrogens (tertiary/aromatic N) is 1. The van der Waals surface area contributed by atoms with Gasteiger partial charge < -0.3 is 19.9 Å². The Balaban J connectivity index is 2.06. The lowest BCUT2D eigenvalue weighted by Gasteiger charge is -2.28. The average Bonchev–Trinajstić information content (AvgIpc) is 2.77. The van der Waals surface area contributed by atoms with Gasteiger partial charge in [0.1, 0.15) is 17.9 Å². The van der Waals surface area contributed by atoms with Crippen molar-refractivity contribution in [1.29, 1.82) is 0 Å². The SMILES string of the molecule is CC(C)(C)OC(=O)N[C@@H]1C(=O)N(CC(=O)O)c2ccccc2O[C@@H]1c1ccccc1. The molecule has 158 valence electrons. The predicted octanol–water partition coefficient (Wildman–Crippen LogP) is 3.13. The van der Waals surface area contributed by atoms with Crippen molar-refractivity contribution in [2.24, 2.45) is 0 Å². The van der Waals surface area contributed by atoms with Crippen LogP contribution in [-0.4, -0.2) is 41.3 Å². The lowest BCUT2D eigenvalue weighted by molar-refractivity contribution is -0.137. The lowest BCUT2D eigenvalue weighted by atomic mass is 10.0. The van der Waals surface area contributed by atoms with Gasteiger partial charge in [-0.1, -0.05) is 42.5 Å². The Morgan fingerprint density at radius 2 is 1.73 bits per heavy atom. The maximum absolute atomic E-state index is 13.4. The summed E-state index contributed by atoms with van der Waals surface area (Å²) in [6, 6.07) is 14.4. The Morgan fingerprint density at radius 1 is 1.10 bits per heavy atom. The van der Waals surface area contributed by atoms with E-state index >= 15 is 0 Å². The van der Waals surface area contributed by atoms with Crippen LogP contribution in [-0.2, 0) is 14.3 Å². The fraction of sp³-hybridized carbons (Fsp3) is 0.318. The van der Waals surface area contributed by atoms with Crippen molar-refractivity contribution in [3.8, 4) is 5.75 Å². The monoisotopic (exact) mass is 412 g/mol. The molecule has 2 aromatic rings. The van der Waals surface area contributed by atoms with E-state index in [4.69, 9.17) is 9.47 Å². The third-order valence-electron chi connectivity index (χ3n) is 4.34. The Morgan fingerprint density at radius 3 is 2.37 bits per heavy atom. The van der Waals surface area contributed by atoms with Crippen LogP contribution < -0.4 is 15.0 Å². The molecular formula is C22H24N2O6. The zero-order valence-corrected chi connectivity index (χ0v) is 17.0. The smallest absolute Gasteiger partial charge is 0.408 e. The molecule has 1 aliphatic rings. The molecule has 2 amide bonds. The first-order chi connectivity index (χ1) is 14.2. The highest BCUT2D eigenvalue weighted by atomic mass is 16.6. The first-order valence-electron chi connectivity index (χ1n) is 9.49. The summed E-state index contributed by atoms with van der Waals surface area (Å²) >= 11 is 0. The van der Waals surface area contributed by atoms with Crippen LogP contribution in [0.2, 0.25) is 0 Å². The first kappa shape index (κ1) is 21.2. The van der Waals surface area contributed by atoms with Crippen LogP contribution in [0.15, 0.2) is 54.6 Å².